The van der Waals surface area contributed by atoms with Crippen molar-refractivity contribution in [3.05, 3.63) is 65.0 Å². The lowest BCUT2D eigenvalue weighted by molar-refractivity contribution is -0.150. The van der Waals surface area contributed by atoms with Crippen LogP contribution in [0.4, 0.5) is 14.6 Å². The third kappa shape index (κ3) is 3.78. The number of halogens is 2. The summed E-state index contributed by atoms with van der Waals surface area (Å²) in [4.78, 5) is 37.9. The molecule has 1 unspecified atom stereocenters. The molecule has 2 aliphatic heterocycles. The van der Waals surface area contributed by atoms with E-state index in [1.807, 2.05) is 39.2 Å². The molecular weight excluding hydrogens is 454 g/mol. The quantitative estimate of drug-likeness (QED) is 0.700. The van der Waals surface area contributed by atoms with Gasteiger partial charge in [0.25, 0.3) is 5.91 Å². The standard InChI is InChI=1S/C25H26F2N6O2/c1-25(24(35)32(2)11-12-33(25)3)14-7-9-15(10-8-14)29-22-20-18(13-28-23(20)34)30-21(31-22)19-16(26)5-4-6-17(19)27/h4-7,9-10,14H,8,11-13H2,1-3H3,(H,28,34)(H,29,30,31)/t14?,25-/m0/s1. The minimum absolute atomic E-state index is 0.0456. The maximum absolute atomic E-state index is 14.4. The molecule has 1 fully saturated rings. The zero-order valence-corrected chi connectivity index (χ0v) is 19.7. The number of carbonyl (C=O) groups is 2. The fraction of sp³-hybridized carbons (Fsp3) is 0.360. The average Bonchev–Trinajstić information content (AvgIpc) is 3.21. The van der Waals surface area contributed by atoms with Gasteiger partial charge < -0.3 is 15.5 Å². The number of aromatic nitrogens is 2. The van der Waals surface area contributed by atoms with Crippen LogP contribution in [0.15, 0.2) is 42.1 Å². The number of benzene rings is 1. The summed E-state index contributed by atoms with van der Waals surface area (Å²) in [7, 11) is 3.78. The predicted molar refractivity (Wildman–Crippen MR) is 126 cm³/mol. The van der Waals surface area contributed by atoms with Crippen LogP contribution in [-0.4, -0.2) is 64.3 Å². The molecule has 0 saturated carbocycles. The van der Waals surface area contributed by atoms with Gasteiger partial charge in [-0.15, -0.1) is 0 Å². The van der Waals surface area contributed by atoms with Crippen molar-refractivity contribution in [2.24, 2.45) is 5.92 Å². The Morgan fingerprint density at radius 1 is 1.11 bits per heavy atom. The van der Waals surface area contributed by atoms with Gasteiger partial charge in [-0.3, -0.25) is 14.5 Å². The highest BCUT2D eigenvalue weighted by Crippen LogP contribution is 2.36. The first-order valence-electron chi connectivity index (χ1n) is 11.5. The van der Waals surface area contributed by atoms with Crippen LogP contribution in [0, 0.1) is 17.6 Å². The highest BCUT2D eigenvalue weighted by atomic mass is 19.1. The Bertz CT molecular complexity index is 1270. The van der Waals surface area contributed by atoms with Crippen LogP contribution in [0.1, 0.15) is 29.4 Å². The van der Waals surface area contributed by atoms with Crippen LogP contribution in [0.3, 0.4) is 0 Å². The molecule has 0 radical (unpaired) electrons. The fourth-order valence-electron chi connectivity index (χ4n) is 4.93. The Kier molecular flexibility index (Phi) is 5.63. The van der Waals surface area contributed by atoms with Gasteiger partial charge in [0.1, 0.15) is 28.6 Å². The van der Waals surface area contributed by atoms with Crippen molar-refractivity contribution in [2.75, 3.05) is 32.5 Å². The second kappa shape index (κ2) is 8.53. The fourth-order valence-corrected chi connectivity index (χ4v) is 4.93. The zero-order valence-electron chi connectivity index (χ0n) is 19.7. The number of piperazine rings is 1. The molecule has 8 nitrogen and oxygen atoms in total. The molecule has 2 N–H and O–H groups in total. The molecule has 1 aromatic heterocycles. The number of fused-ring (bicyclic) bond motifs is 1. The van der Waals surface area contributed by atoms with Crippen LogP contribution < -0.4 is 10.6 Å². The molecule has 2 aromatic rings. The van der Waals surface area contributed by atoms with Crippen molar-refractivity contribution < 1.29 is 18.4 Å². The van der Waals surface area contributed by atoms with Gasteiger partial charge in [-0.25, -0.2) is 18.7 Å². The number of rotatable bonds is 4. The number of likely N-dealkylation sites (N-methyl/N-ethyl adjacent to an activating group) is 2. The number of allylic oxidation sites excluding steroid dienone is 2. The third-order valence-electron chi connectivity index (χ3n) is 7.24. The van der Waals surface area contributed by atoms with Gasteiger partial charge in [0.05, 0.1) is 17.8 Å². The Balaban J connectivity index is 1.45. The van der Waals surface area contributed by atoms with Gasteiger partial charge in [-0.2, -0.15) is 0 Å². The lowest BCUT2D eigenvalue weighted by atomic mass is 9.77. The van der Waals surface area contributed by atoms with Crippen LogP contribution in [0.5, 0.6) is 0 Å². The molecule has 2 atom stereocenters. The van der Waals surface area contributed by atoms with Crippen molar-refractivity contribution in [1.82, 2.24) is 25.1 Å². The lowest BCUT2D eigenvalue weighted by Crippen LogP contribution is -2.65. The van der Waals surface area contributed by atoms with Crippen molar-refractivity contribution >= 4 is 17.6 Å². The molecule has 1 aromatic carbocycles. The molecule has 35 heavy (non-hydrogen) atoms. The Morgan fingerprint density at radius 3 is 2.54 bits per heavy atom. The van der Waals surface area contributed by atoms with Gasteiger partial charge in [0.2, 0.25) is 5.91 Å². The molecule has 0 spiro atoms. The number of anilines is 1. The second-order valence-electron chi connectivity index (χ2n) is 9.28. The maximum Gasteiger partial charge on any atom is 0.257 e. The summed E-state index contributed by atoms with van der Waals surface area (Å²) in [6.45, 7) is 3.58. The zero-order chi connectivity index (χ0) is 24.9. The summed E-state index contributed by atoms with van der Waals surface area (Å²) in [5, 5.41) is 5.82. The maximum atomic E-state index is 14.4. The Morgan fingerprint density at radius 2 is 1.86 bits per heavy atom. The van der Waals surface area contributed by atoms with Crippen LogP contribution >= 0.6 is 0 Å². The van der Waals surface area contributed by atoms with E-state index in [0.717, 1.165) is 18.7 Å². The smallest absolute Gasteiger partial charge is 0.257 e. The van der Waals surface area contributed by atoms with E-state index in [1.165, 1.54) is 6.07 Å². The van der Waals surface area contributed by atoms with E-state index in [0.29, 0.717) is 24.4 Å². The van der Waals surface area contributed by atoms with Gasteiger partial charge in [0.15, 0.2) is 5.82 Å². The topological polar surface area (TPSA) is 90.5 Å². The predicted octanol–water partition coefficient (Wildman–Crippen LogP) is 2.70. The molecule has 3 heterocycles. The van der Waals surface area contributed by atoms with E-state index < -0.39 is 17.2 Å². The molecule has 0 bridgehead atoms. The summed E-state index contributed by atoms with van der Waals surface area (Å²) in [5.41, 5.74) is 0.273. The third-order valence-corrected chi connectivity index (χ3v) is 7.24. The van der Waals surface area contributed by atoms with Gasteiger partial charge in [-0.1, -0.05) is 18.2 Å². The van der Waals surface area contributed by atoms with E-state index in [9.17, 15) is 18.4 Å². The molecule has 1 saturated heterocycles. The van der Waals surface area contributed by atoms with Crippen molar-refractivity contribution in [2.45, 2.75) is 25.4 Å². The van der Waals surface area contributed by atoms with E-state index in [-0.39, 0.29) is 47.0 Å². The molecule has 1 aliphatic carbocycles. The summed E-state index contributed by atoms with van der Waals surface area (Å²) >= 11 is 0. The molecule has 182 valence electrons. The molecular formula is C25H26F2N6O2. The van der Waals surface area contributed by atoms with E-state index in [1.54, 1.807) is 4.90 Å². The van der Waals surface area contributed by atoms with Gasteiger partial charge >= 0.3 is 0 Å². The highest BCUT2D eigenvalue weighted by molar-refractivity contribution is 6.02. The summed E-state index contributed by atoms with van der Waals surface area (Å²) < 4.78 is 28.8. The number of hydrogen-bond donors (Lipinski definition) is 2. The summed E-state index contributed by atoms with van der Waals surface area (Å²) in [5.74, 6) is -1.86. The highest BCUT2D eigenvalue weighted by Gasteiger charge is 2.47. The number of hydrogen-bond acceptors (Lipinski definition) is 6. The number of carbonyl (C=O) groups excluding carboxylic acids is 2. The molecule has 3 aliphatic rings. The Labute approximate surface area is 201 Å². The van der Waals surface area contributed by atoms with Crippen molar-refractivity contribution in [3.63, 3.8) is 0 Å². The van der Waals surface area contributed by atoms with Crippen LogP contribution in [-0.2, 0) is 11.3 Å². The first kappa shape index (κ1) is 23.1. The first-order chi connectivity index (χ1) is 16.7. The first-order valence-corrected chi connectivity index (χ1v) is 11.5. The number of nitrogens with zero attached hydrogens (tertiary/aromatic N) is 4. The van der Waals surface area contributed by atoms with Crippen LogP contribution in [0.25, 0.3) is 11.4 Å². The summed E-state index contributed by atoms with van der Waals surface area (Å²) in [6.07, 6.45) is 6.36. The lowest BCUT2D eigenvalue weighted by Gasteiger charge is -2.48. The summed E-state index contributed by atoms with van der Waals surface area (Å²) in [6, 6.07) is 3.55. The van der Waals surface area contributed by atoms with Gasteiger partial charge in [0, 0.05) is 31.8 Å². The van der Waals surface area contributed by atoms with Gasteiger partial charge in [-0.05, 0) is 38.6 Å². The van der Waals surface area contributed by atoms with Crippen molar-refractivity contribution in [1.29, 1.82) is 0 Å². The average molecular weight is 481 g/mol. The largest absolute Gasteiger partial charge is 0.346 e. The minimum Gasteiger partial charge on any atom is -0.346 e. The monoisotopic (exact) mass is 480 g/mol. The Hall–Kier alpha value is -3.66. The minimum atomic E-state index is -0.785. The van der Waals surface area contributed by atoms with E-state index in [2.05, 4.69) is 25.5 Å². The van der Waals surface area contributed by atoms with Crippen molar-refractivity contribution in [3.8, 4) is 11.4 Å². The molecule has 5 rings (SSSR count). The molecule has 10 heteroatoms. The number of amides is 2. The number of nitrogens with one attached hydrogen (secondary N) is 2. The van der Waals surface area contributed by atoms with Crippen LogP contribution in [0.2, 0.25) is 0 Å². The van der Waals surface area contributed by atoms with E-state index in [4.69, 9.17) is 0 Å². The molecule has 2 amide bonds. The second-order valence-corrected chi connectivity index (χ2v) is 9.28. The SMILES string of the molecule is CN1CCN(C)[C@@](C)(C2C=CC(Nc3nc(-c4c(F)cccc4F)nc4c3C(=O)NC4)=CC2)C1=O. The van der Waals surface area contributed by atoms with E-state index >= 15 is 0 Å². The normalized spacial score (nSPS) is 24.3.